The molecule has 0 aliphatic carbocycles. The van der Waals surface area contributed by atoms with E-state index in [4.69, 9.17) is 11.6 Å². The van der Waals surface area contributed by atoms with Crippen LogP contribution in [0.1, 0.15) is 29.8 Å². The number of nitrogens with one attached hydrogen (secondary N) is 3. The molecule has 0 bridgehead atoms. The molecule has 240 valence electrons. The first-order valence-electron chi connectivity index (χ1n) is 15.5. The Bertz CT molecular complexity index is 2160. The van der Waals surface area contributed by atoms with Gasteiger partial charge in [-0.3, -0.25) is 14.4 Å². The Morgan fingerprint density at radius 2 is 1.48 bits per heavy atom. The Morgan fingerprint density at radius 1 is 0.771 bits per heavy atom. The molecular weight excluding hydrogens is 640 g/mol. The van der Waals surface area contributed by atoms with Crippen molar-refractivity contribution >= 4 is 80.3 Å². The van der Waals surface area contributed by atoms with Gasteiger partial charge in [0, 0.05) is 55.2 Å². The topological polar surface area (TPSA) is 92.2 Å². The van der Waals surface area contributed by atoms with E-state index >= 15 is 0 Å². The van der Waals surface area contributed by atoms with E-state index in [9.17, 15) is 14.4 Å². The molecule has 0 aliphatic rings. The summed E-state index contributed by atoms with van der Waals surface area (Å²) in [4.78, 5) is 40.5. The molecule has 6 rings (SSSR count). The number of carbonyl (C=O) groups excluding carboxylic acids is 3. The molecule has 1 aromatic heterocycles. The maximum Gasteiger partial charge on any atom is 0.272 e. The van der Waals surface area contributed by atoms with E-state index < -0.39 is 17.1 Å². The van der Waals surface area contributed by atoms with Crippen LogP contribution in [0.15, 0.2) is 132 Å². The molecule has 3 amide bonds. The number of benzene rings is 5. The second-order valence-electron chi connectivity index (χ2n) is 11.2. The summed E-state index contributed by atoms with van der Waals surface area (Å²) in [6, 6.07) is 37.2. The van der Waals surface area contributed by atoms with Gasteiger partial charge < -0.3 is 20.5 Å². The second-order valence-corrected chi connectivity index (χ2v) is 13.0. The van der Waals surface area contributed by atoms with Gasteiger partial charge in [0.2, 0.25) is 5.91 Å². The lowest BCUT2D eigenvalue weighted by Crippen LogP contribution is -2.30. The molecule has 0 saturated carbocycles. The van der Waals surface area contributed by atoms with Gasteiger partial charge >= 0.3 is 0 Å². The maximum atomic E-state index is 13.5. The van der Waals surface area contributed by atoms with Crippen LogP contribution in [0.3, 0.4) is 0 Å². The zero-order valence-electron chi connectivity index (χ0n) is 26.4. The molecule has 1 unspecified atom stereocenters. The molecule has 0 saturated heterocycles. The molecule has 1 atom stereocenters. The molecule has 7 nitrogen and oxygen atoms in total. The number of aromatic nitrogens is 1. The molecule has 0 fully saturated rings. The van der Waals surface area contributed by atoms with Crippen molar-refractivity contribution in [2.75, 3.05) is 10.6 Å². The molecule has 3 N–H and O–H groups in total. The summed E-state index contributed by atoms with van der Waals surface area (Å²) in [6.07, 6.45) is 1.59. The summed E-state index contributed by atoms with van der Waals surface area (Å²) in [7, 11) is 0. The third-order valence-electron chi connectivity index (χ3n) is 7.84. The molecule has 48 heavy (non-hydrogen) atoms. The highest BCUT2D eigenvalue weighted by atomic mass is 35.5. The van der Waals surface area contributed by atoms with Crippen LogP contribution in [0.25, 0.3) is 27.9 Å². The molecule has 0 aliphatic heterocycles. The van der Waals surface area contributed by atoms with E-state index in [1.807, 2.05) is 49.4 Å². The van der Waals surface area contributed by atoms with Crippen LogP contribution in [0, 0.1) is 0 Å². The maximum absolute atomic E-state index is 13.5. The third-order valence-corrected chi connectivity index (χ3v) is 9.19. The van der Waals surface area contributed by atoms with Gasteiger partial charge in [-0.25, -0.2) is 0 Å². The Balaban J connectivity index is 1.15. The number of para-hydroxylation sites is 1. The number of nitrogens with zero attached hydrogens (tertiary/aromatic N) is 1. The molecule has 6 aromatic rings. The smallest absolute Gasteiger partial charge is 0.272 e. The van der Waals surface area contributed by atoms with Gasteiger partial charge in [0.05, 0.1) is 5.25 Å². The fourth-order valence-electron chi connectivity index (χ4n) is 5.49. The van der Waals surface area contributed by atoms with Gasteiger partial charge in [-0.15, -0.1) is 11.8 Å². The van der Waals surface area contributed by atoms with Crippen molar-refractivity contribution in [3.8, 4) is 0 Å². The van der Waals surface area contributed by atoms with Crippen LogP contribution < -0.4 is 16.0 Å². The molecular formula is C39H33ClN4O3S. The Morgan fingerprint density at radius 3 is 2.25 bits per heavy atom. The lowest BCUT2D eigenvalue weighted by molar-refractivity contribution is -0.115. The summed E-state index contributed by atoms with van der Waals surface area (Å²) in [5, 5.41) is 11.1. The van der Waals surface area contributed by atoms with E-state index in [2.05, 4.69) is 45.6 Å². The minimum absolute atomic E-state index is 0.0657. The zero-order valence-corrected chi connectivity index (χ0v) is 27.9. The number of amides is 3. The lowest BCUT2D eigenvalue weighted by Gasteiger charge is -2.14. The van der Waals surface area contributed by atoms with E-state index in [0.717, 1.165) is 33.4 Å². The number of halogens is 1. The summed E-state index contributed by atoms with van der Waals surface area (Å²) in [5.74, 6) is -1.04. The minimum atomic E-state index is -0.498. The first-order valence-corrected chi connectivity index (χ1v) is 16.8. The Hall–Kier alpha value is -5.31. The standard InChI is InChI=1S/C39H33ClN4O3S/c1-3-44-35-15-8-7-14-32(35)33-24-30(20-21-36(33)44)41-37(45)25(2)48-31-13-9-12-29(23-31)42-39(47)34(22-26-16-18-28(40)19-17-26)43-38(46)27-10-5-4-6-11-27/h4-25H,3H2,1-2H3,(H,41,45)(H,42,47)(H,43,46)/b34-22-. The van der Waals surface area contributed by atoms with Crippen molar-refractivity contribution in [1.82, 2.24) is 9.88 Å². The Kier molecular flexibility index (Phi) is 9.94. The molecule has 0 radical (unpaired) electrons. The molecule has 9 heteroatoms. The molecule has 5 aromatic carbocycles. The fraction of sp³-hybridized carbons (Fsp3) is 0.103. The van der Waals surface area contributed by atoms with Crippen LogP contribution in [0.5, 0.6) is 0 Å². The summed E-state index contributed by atoms with van der Waals surface area (Å²) >= 11 is 7.42. The monoisotopic (exact) mass is 672 g/mol. The largest absolute Gasteiger partial charge is 0.341 e. The Labute approximate surface area is 288 Å². The minimum Gasteiger partial charge on any atom is -0.341 e. The first-order chi connectivity index (χ1) is 23.3. The number of carbonyl (C=O) groups is 3. The van der Waals surface area contributed by atoms with Crippen molar-refractivity contribution in [3.05, 3.63) is 143 Å². The van der Waals surface area contributed by atoms with Crippen molar-refractivity contribution < 1.29 is 14.4 Å². The van der Waals surface area contributed by atoms with Gasteiger partial charge in [-0.2, -0.15) is 0 Å². The van der Waals surface area contributed by atoms with Crippen LogP contribution in [-0.2, 0) is 16.1 Å². The zero-order chi connectivity index (χ0) is 33.6. The molecule has 1 heterocycles. The van der Waals surface area contributed by atoms with Crippen molar-refractivity contribution in [2.24, 2.45) is 0 Å². The second kappa shape index (κ2) is 14.6. The lowest BCUT2D eigenvalue weighted by atomic mass is 10.1. The highest BCUT2D eigenvalue weighted by Gasteiger charge is 2.18. The van der Waals surface area contributed by atoms with Gasteiger partial charge in [-0.1, -0.05) is 66.2 Å². The van der Waals surface area contributed by atoms with Crippen LogP contribution in [0.4, 0.5) is 11.4 Å². The van der Waals surface area contributed by atoms with Crippen molar-refractivity contribution in [2.45, 2.75) is 30.5 Å². The van der Waals surface area contributed by atoms with Gasteiger partial charge in [-0.05, 0) is 92.2 Å². The average Bonchev–Trinajstić information content (AvgIpc) is 3.42. The number of thioether (sulfide) groups is 1. The number of fused-ring (bicyclic) bond motifs is 3. The summed E-state index contributed by atoms with van der Waals surface area (Å²) < 4.78 is 2.27. The number of anilines is 2. The van der Waals surface area contributed by atoms with Gasteiger partial charge in [0.15, 0.2) is 0 Å². The highest BCUT2D eigenvalue weighted by Crippen LogP contribution is 2.32. The highest BCUT2D eigenvalue weighted by molar-refractivity contribution is 8.00. The average molecular weight is 673 g/mol. The summed E-state index contributed by atoms with van der Waals surface area (Å²) in [6.45, 7) is 4.83. The predicted molar refractivity (Wildman–Crippen MR) is 197 cm³/mol. The first kappa shape index (κ1) is 32.6. The van der Waals surface area contributed by atoms with Gasteiger partial charge in [0.25, 0.3) is 11.8 Å². The number of rotatable bonds is 10. The normalized spacial score (nSPS) is 12.1. The molecule has 0 spiro atoms. The summed E-state index contributed by atoms with van der Waals surface area (Å²) in [5.41, 5.74) is 4.73. The third kappa shape index (κ3) is 7.46. The number of hydrogen-bond donors (Lipinski definition) is 3. The van der Waals surface area contributed by atoms with Gasteiger partial charge in [0.1, 0.15) is 5.70 Å². The van der Waals surface area contributed by atoms with E-state index in [-0.39, 0.29) is 11.6 Å². The van der Waals surface area contributed by atoms with Crippen LogP contribution in [0.2, 0.25) is 5.02 Å². The van der Waals surface area contributed by atoms with Crippen LogP contribution in [-0.4, -0.2) is 27.5 Å². The number of aryl methyl sites for hydroxylation is 1. The predicted octanol–water partition coefficient (Wildman–Crippen LogP) is 9.00. The van der Waals surface area contributed by atoms with E-state index in [1.54, 1.807) is 66.7 Å². The SMILES string of the molecule is CCn1c2ccccc2c2cc(NC(=O)C(C)Sc3cccc(NC(=O)/C(=C/c4ccc(Cl)cc4)NC(=O)c4ccccc4)c3)ccc21. The van der Waals surface area contributed by atoms with E-state index in [1.165, 1.54) is 17.3 Å². The van der Waals surface area contributed by atoms with E-state index in [0.29, 0.717) is 21.8 Å². The number of hydrogen-bond acceptors (Lipinski definition) is 4. The van der Waals surface area contributed by atoms with Crippen LogP contribution >= 0.6 is 23.4 Å². The van der Waals surface area contributed by atoms with Crippen molar-refractivity contribution in [3.63, 3.8) is 0 Å². The quantitative estimate of drug-likeness (QED) is 0.100. The fourth-order valence-corrected chi connectivity index (χ4v) is 6.54. The van der Waals surface area contributed by atoms with Crippen molar-refractivity contribution in [1.29, 1.82) is 0 Å².